The fraction of sp³-hybridized carbons (Fsp3) is 0. The van der Waals surface area contributed by atoms with Gasteiger partial charge in [-0.3, -0.25) is 25.3 Å². The summed E-state index contributed by atoms with van der Waals surface area (Å²) in [6.07, 6.45) is 0. The van der Waals surface area contributed by atoms with E-state index in [1.165, 1.54) is 0 Å². The van der Waals surface area contributed by atoms with Gasteiger partial charge < -0.3 is 27.3 Å². The van der Waals surface area contributed by atoms with E-state index >= 15 is 0 Å². The molecule has 0 aliphatic carbocycles. The fourth-order valence-corrected chi connectivity index (χ4v) is 0. The van der Waals surface area contributed by atoms with Crippen molar-refractivity contribution in [1.29, 1.82) is 0 Å². The van der Waals surface area contributed by atoms with E-state index in [-0.39, 0.29) is 38.5 Å². The smallest absolute Gasteiger partial charge is 0.759 e. The summed E-state index contributed by atoms with van der Waals surface area (Å²) in [5.74, 6) is 0. The molecule has 0 rings (SSSR count). The third kappa shape index (κ3) is 5360. The van der Waals surface area contributed by atoms with Crippen molar-refractivity contribution in [2.45, 2.75) is 0 Å². The van der Waals surface area contributed by atoms with Crippen LogP contribution in [0.4, 0.5) is 0 Å². The van der Waals surface area contributed by atoms with Crippen LogP contribution in [0.25, 0.3) is 0 Å². The average molecular weight is 395 g/mol. The Morgan fingerprint density at radius 1 is 0.471 bits per heavy atom. The van der Waals surface area contributed by atoms with Gasteiger partial charge in [0.1, 0.15) is 0 Å². The SMILES string of the molecule is O=S(=O)([O-])[O-].O=S(=O)([O-])[O-].O=S(=O)([O-])[O-].[Co+2].[Ti+4]. The van der Waals surface area contributed by atoms with Gasteiger partial charge in [-0.15, -0.1) is 0 Å². The van der Waals surface area contributed by atoms with E-state index in [9.17, 15) is 0 Å². The monoisotopic (exact) mass is 395 g/mol. The van der Waals surface area contributed by atoms with Crippen molar-refractivity contribution in [2.75, 3.05) is 0 Å². The van der Waals surface area contributed by atoms with Gasteiger partial charge in [0.15, 0.2) is 0 Å². The summed E-state index contributed by atoms with van der Waals surface area (Å²) in [7, 11) is -15.5. The third-order valence-corrected chi connectivity index (χ3v) is 0. The van der Waals surface area contributed by atoms with Crippen LogP contribution in [-0.2, 0) is 69.7 Å². The molecule has 0 fully saturated rings. The van der Waals surface area contributed by atoms with E-state index < -0.39 is 31.2 Å². The molecule has 0 amide bonds. The first kappa shape index (κ1) is 30.7. The molecule has 0 saturated carbocycles. The molecule has 0 aromatic rings. The Hall–Kier alpha value is 0.831. The molecule has 0 aromatic heterocycles. The van der Waals surface area contributed by atoms with Crippen LogP contribution in [0, 0.1) is 0 Å². The van der Waals surface area contributed by atoms with Crippen LogP contribution in [0.15, 0.2) is 0 Å². The van der Waals surface area contributed by atoms with Gasteiger partial charge in [-0.2, -0.15) is 0 Å². The summed E-state index contributed by atoms with van der Waals surface area (Å²) in [5, 5.41) is 0. The second-order valence-electron chi connectivity index (χ2n) is 1.22. The van der Waals surface area contributed by atoms with Crippen molar-refractivity contribution in [3.8, 4) is 0 Å². The fourth-order valence-electron chi connectivity index (χ4n) is 0. The minimum atomic E-state index is -5.17. The normalized spacial score (nSPS) is 10.2. The molecule has 0 heterocycles. The maximum absolute atomic E-state index is 8.52. The van der Waals surface area contributed by atoms with Crippen molar-refractivity contribution in [3.05, 3.63) is 0 Å². The van der Waals surface area contributed by atoms with Gasteiger partial charge in [0, 0.05) is 31.2 Å². The second-order valence-corrected chi connectivity index (χ2v) is 3.67. The zero-order valence-corrected chi connectivity index (χ0v) is 12.0. The molecule has 17 heavy (non-hydrogen) atoms. The molecule has 0 spiro atoms. The predicted octanol–water partition coefficient (Wildman–Crippen LogP) is -4.02. The number of hydrogen-bond acceptors (Lipinski definition) is 12. The summed E-state index contributed by atoms with van der Waals surface area (Å²) in [6, 6.07) is 0. The van der Waals surface area contributed by atoms with Crippen LogP contribution in [0.2, 0.25) is 0 Å². The minimum absolute atomic E-state index is 0. The molecule has 0 bridgehead atoms. The molecule has 0 N–H and O–H groups in total. The van der Waals surface area contributed by atoms with Crippen LogP contribution >= 0.6 is 0 Å². The Kier molecular flexibility index (Phi) is 21.5. The quantitative estimate of drug-likeness (QED) is 0.216. The summed E-state index contributed by atoms with van der Waals surface area (Å²) < 4.78 is 102. The molecule has 0 atom stereocenters. The standard InChI is InChI=1S/Co.3H2O4S.Ti/c;3*1-5(2,3)4;/h;3*(H2,1,2,3,4);/q+2;;;;+4/p-6. The molecule has 17 heteroatoms. The molecule has 0 aromatic carbocycles. The van der Waals surface area contributed by atoms with E-state index in [1.807, 2.05) is 0 Å². The van der Waals surface area contributed by atoms with Crippen LogP contribution in [-0.4, -0.2) is 52.6 Å². The average Bonchev–Trinajstić information content (AvgIpc) is 1.41. The topological polar surface area (TPSA) is 241 Å². The Balaban J connectivity index is -0.0000000400. The van der Waals surface area contributed by atoms with Crippen LogP contribution in [0.1, 0.15) is 0 Å². The summed E-state index contributed by atoms with van der Waals surface area (Å²) in [4.78, 5) is 0. The maximum Gasteiger partial charge on any atom is 4.00 e. The zero-order chi connectivity index (χ0) is 13.5. The predicted molar refractivity (Wildman–Crippen MR) is 31.4 cm³/mol. The molecular formula is CoO12S3Ti. The Bertz CT molecular complexity index is 343. The van der Waals surface area contributed by atoms with Crippen molar-refractivity contribution >= 4 is 31.2 Å². The van der Waals surface area contributed by atoms with Crippen LogP contribution < -0.4 is 0 Å². The Morgan fingerprint density at radius 2 is 0.471 bits per heavy atom. The van der Waals surface area contributed by atoms with Gasteiger partial charge in [-0.25, -0.2) is 0 Å². The van der Waals surface area contributed by atoms with E-state index in [1.54, 1.807) is 0 Å². The second kappa shape index (κ2) is 11.9. The molecule has 0 aliphatic rings. The first-order chi connectivity index (χ1) is 6.00. The van der Waals surface area contributed by atoms with E-state index in [4.69, 9.17) is 52.6 Å². The van der Waals surface area contributed by atoms with E-state index in [2.05, 4.69) is 0 Å². The van der Waals surface area contributed by atoms with Gasteiger partial charge in [0.25, 0.3) is 0 Å². The molecule has 0 saturated heterocycles. The first-order valence-electron chi connectivity index (χ1n) is 2.00. The molecule has 103 valence electrons. The van der Waals surface area contributed by atoms with Gasteiger partial charge in [-0.1, -0.05) is 0 Å². The van der Waals surface area contributed by atoms with E-state index in [0.29, 0.717) is 0 Å². The maximum atomic E-state index is 8.52. The molecular weight excluding hydrogens is 395 g/mol. The summed E-state index contributed by atoms with van der Waals surface area (Å²) in [5.41, 5.74) is 0. The minimum Gasteiger partial charge on any atom is -0.759 e. The van der Waals surface area contributed by atoms with Gasteiger partial charge in [-0.05, 0) is 0 Å². The Morgan fingerprint density at radius 3 is 0.471 bits per heavy atom. The Labute approximate surface area is 122 Å². The van der Waals surface area contributed by atoms with Crippen molar-refractivity contribution in [2.24, 2.45) is 0 Å². The number of rotatable bonds is 0. The largest absolute Gasteiger partial charge is 4.00 e. The van der Waals surface area contributed by atoms with E-state index in [0.717, 1.165) is 0 Å². The van der Waals surface area contributed by atoms with Crippen molar-refractivity contribution in [3.63, 3.8) is 0 Å². The summed E-state index contributed by atoms with van der Waals surface area (Å²) in [6.45, 7) is 0. The van der Waals surface area contributed by atoms with Crippen molar-refractivity contribution in [1.82, 2.24) is 0 Å². The molecule has 0 unspecified atom stereocenters. The van der Waals surface area contributed by atoms with Crippen LogP contribution in [0.3, 0.4) is 0 Å². The number of hydrogen-bond donors (Lipinski definition) is 0. The van der Waals surface area contributed by atoms with Crippen molar-refractivity contribution < 1.29 is 91.1 Å². The first-order valence-corrected chi connectivity index (χ1v) is 6.00. The summed E-state index contributed by atoms with van der Waals surface area (Å²) >= 11 is 0. The molecule has 1 radical (unpaired) electrons. The molecule has 0 aliphatic heterocycles. The van der Waals surface area contributed by atoms with Crippen LogP contribution in [0.5, 0.6) is 0 Å². The molecule has 12 nitrogen and oxygen atoms in total. The third-order valence-electron chi connectivity index (χ3n) is 0. The van der Waals surface area contributed by atoms with Gasteiger partial charge in [0.2, 0.25) is 0 Å². The van der Waals surface area contributed by atoms with Gasteiger partial charge >= 0.3 is 38.5 Å². The zero-order valence-electron chi connectivity index (χ0n) is 6.96. The van der Waals surface area contributed by atoms with Gasteiger partial charge in [0.05, 0.1) is 0 Å².